The number of carbonyl (C=O) groups excluding carboxylic acids is 2. The molecule has 0 bridgehead atoms. The van der Waals surface area contributed by atoms with Crippen molar-refractivity contribution >= 4 is 12.0 Å². The number of nitrogens with two attached hydrogens (primary N) is 1. The summed E-state index contributed by atoms with van der Waals surface area (Å²) in [5.41, 5.74) is 3.61. The highest BCUT2D eigenvalue weighted by molar-refractivity contribution is 5.77. The second-order valence-corrected chi connectivity index (χ2v) is 4.89. The number of hydrogen-bond acceptors (Lipinski definition) is 3. The zero-order valence-electron chi connectivity index (χ0n) is 10.3. The zero-order chi connectivity index (χ0) is 13.0. The first-order valence-electron chi connectivity index (χ1n) is 5.01. The molecule has 0 aromatic carbocycles. The van der Waals surface area contributed by atoms with E-state index in [9.17, 15) is 9.59 Å². The van der Waals surface area contributed by atoms with E-state index in [-0.39, 0.29) is 6.42 Å². The Bertz CT molecular complexity index is 294. The molecule has 5 nitrogen and oxygen atoms in total. The van der Waals surface area contributed by atoms with Gasteiger partial charge in [-0.25, -0.2) is 4.79 Å². The lowest BCUT2D eigenvalue weighted by atomic mass is 9.98. The van der Waals surface area contributed by atoms with E-state index < -0.39 is 23.1 Å². The summed E-state index contributed by atoms with van der Waals surface area (Å²) in [5, 5.41) is 2.55. The summed E-state index contributed by atoms with van der Waals surface area (Å²) < 4.78 is 5.07. The smallest absolute Gasteiger partial charge is 0.408 e. The largest absolute Gasteiger partial charge is 0.444 e. The van der Waals surface area contributed by atoms with Gasteiger partial charge < -0.3 is 15.8 Å². The van der Waals surface area contributed by atoms with Crippen molar-refractivity contribution in [2.75, 3.05) is 0 Å². The summed E-state index contributed by atoms with van der Waals surface area (Å²) in [6.45, 7) is 10.5. The van der Waals surface area contributed by atoms with Gasteiger partial charge in [0.15, 0.2) is 0 Å². The molecule has 0 heterocycles. The number of rotatable bonds is 4. The maximum Gasteiger partial charge on any atom is 0.408 e. The number of amides is 2. The second-order valence-electron chi connectivity index (χ2n) is 4.89. The topological polar surface area (TPSA) is 81.4 Å². The molecule has 0 saturated carbocycles. The standard InChI is InChI=1S/C11H20N2O3/c1-6-11(5,7-8(12)14)13-9(15)16-10(2,3)4/h6H,1,7H2,2-5H3,(H2,12,14)(H,13,15)/t11-/m0/s1. The van der Waals surface area contributed by atoms with Gasteiger partial charge >= 0.3 is 6.09 Å². The Hall–Kier alpha value is -1.52. The summed E-state index contributed by atoms with van der Waals surface area (Å²) in [6.07, 6.45) is 0.841. The number of ether oxygens (including phenoxy) is 1. The Balaban J connectivity index is 4.48. The minimum atomic E-state index is -0.881. The lowest BCUT2D eigenvalue weighted by Gasteiger charge is -2.28. The molecule has 0 rings (SSSR count). The molecule has 0 saturated heterocycles. The Labute approximate surface area is 96.0 Å². The van der Waals surface area contributed by atoms with E-state index in [1.54, 1.807) is 27.7 Å². The van der Waals surface area contributed by atoms with E-state index in [0.29, 0.717) is 0 Å². The fourth-order valence-corrected chi connectivity index (χ4v) is 1.07. The third kappa shape index (κ3) is 6.06. The quantitative estimate of drug-likeness (QED) is 0.712. The molecule has 5 heteroatoms. The molecule has 16 heavy (non-hydrogen) atoms. The number of primary amides is 1. The molecule has 3 N–H and O–H groups in total. The molecule has 1 atom stereocenters. The summed E-state index contributed by atoms with van der Waals surface area (Å²) in [7, 11) is 0. The van der Waals surface area contributed by atoms with Crippen molar-refractivity contribution in [3.63, 3.8) is 0 Å². The van der Waals surface area contributed by atoms with Crippen molar-refractivity contribution in [3.05, 3.63) is 12.7 Å². The van der Waals surface area contributed by atoms with Gasteiger partial charge in [-0.2, -0.15) is 0 Å². The van der Waals surface area contributed by atoms with E-state index in [1.165, 1.54) is 6.08 Å². The molecule has 0 unspecified atom stereocenters. The van der Waals surface area contributed by atoms with Crippen LogP contribution in [0, 0.1) is 0 Å². The highest BCUT2D eigenvalue weighted by Gasteiger charge is 2.27. The molecule has 0 aliphatic rings. The molecular weight excluding hydrogens is 208 g/mol. The summed E-state index contributed by atoms with van der Waals surface area (Å²) in [6, 6.07) is 0. The van der Waals surface area contributed by atoms with Crippen LogP contribution in [0.5, 0.6) is 0 Å². The highest BCUT2D eigenvalue weighted by atomic mass is 16.6. The third-order valence-electron chi connectivity index (χ3n) is 1.78. The van der Waals surface area contributed by atoms with E-state index in [4.69, 9.17) is 10.5 Å². The van der Waals surface area contributed by atoms with Crippen LogP contribution in [0.1, 0.15) is 34.1 Å². The first kappa shape index (κ1) is 14.5. The third-order valence-corrected chi connectivity index (χ3v) is 1.78. The predicted octanol–water partition coefficient (Wildman–Crippen LogP) is 1.33. The Morgan fingerprint density at radius 3 is 2.19 bits per heavy atom. The van der Waals surface area contributed by atoms with E-state index in [0.717, 1.165) is 0 Å². The maximum atomic E-state index is 11.5. The van der Waals surface area contributed by atoms with Gasteiger partial charge in [0.05, 0.1) is 12.0 Å². The van der Waals surface area contributed by atoms with E-state index >= 15 is 0 Å². The van der Waals surface area contributed by atoms with Crippen molar-refractivity contribution in [2.45, 2.75) is 45.3 Å². The number of alkyl carbamates (subject to hydrolysis) is 1. The zero-order valence-corrected chi connectivity index (χ0v) is 10.3. The van der Waals surface area contributed by atoms with Gasteiger partial charge in [0.25, 0.3) is 0 Å². The average Bonchev–Trinajstić information content (AvgIpc) is 1.98. The monoisotopic (exact) mass is 228 g/mol. The van der Waals surface area contributed by atoms with Gasteiger partial charge in [0, 0.05) is 0 Å². The van der Waals surface area contributed by atoms with Crippen LogP contribution in [-0.4, -0.2) is 23.1 Å². The van der Waals surface area contributed by atoms with Gasteiger partial charge in [0.1, 0.15) is 5.60 Å². The lowest BCUT2D eigenvalue weighted by molar-refractivity contribution is -0.118. The minimum absolute atomic E-state index is 0.0181. The fraction of sp³-hybridized carbons (Fsp3) is 0.636. The molecule has 0 aliphatic heterocycles. The second kappa shape index (κ2) is 5.01. The lowest BCUT2D eigenvalue weighted by Crippen LogP contribution is -2.48. The molecule has 0 aromatic heterocycles. The van der Waals surface area contributed by atoms with Gasteiger partial charge in [-0.15, -0.1) is 6.58 Å². The van der Waals surface area contributed by atoms with Crippen LogP contribution in [0.15, 0.2) is 12.7 Å². The molecule has 0 aromatic rings. The minimum Gasteiger partial charge on any atom is -0.444 e. The molecular formula is C11H20N2O3. The van der Waals surface area contributed by atoms with Crippen LogP contribution in [0.3, 0.4) is 0 Å². The van der Waals surface area contributed by atoms with Crippen LogP contribution in [-0.2, 0) is 9.53 Å². The number of hydrogen-bond donors (Lipinski definition) is 2. The first-order valence-corrected chi connectivity index (χ1v) is 5.01. The average molecular weight is 228 g/mol. The Morgan fingerprint density at radius 1 is 1.38 bits per heavy atom. The molecule has 0 spiro atoms. The van der Waals surface area contributed by atoms with Crippen molar-refractivity contribution in [1.82, 2.24) is 5.32 Å². The van der Waals surface area contributed by atoms with Crippen molar-refractivity contribution in [3.8, 4) is 0 Å². The van der Waals surface area contributed by atoms with Crippen molar-refractivity contribution in [1.29, 1.82) is 0 Å². The molecule has 0 fully saturated rings. The SMILES string of the molecule is C=C[C@@](C)(CC(N)=O)NC(=O)OC(C)(C)C. The summed E-state index contributed by atoms with van der Waals surface area (Å²) in [5.74, 6) is -0.515. The van der Waals surface area contributed by atoms with Crippen molar-refractivity contribution in [2.24, 2.45) is 5.73 Å². The van der Waals surface area contributed by atoms with Gasteiger partial charge in [-0.3, -0.25) is 4.79 Å². The summed E-state index contributed by atoms with van der Waals surface area (Å²) in [4.78, 5) is 22.3. The van der Waals surface area contributed by atoms with Crippen LogP contribution < -0.4 is 11.1 Å². The fourth-order valence-electron chi connectivity index (χ4n) is 1.07. The van der Waals surface area contributed by atoms with Crippen LogP contribution in [0.4, 0.5) is 4.79 Å². The summed E-state index contributed by atoms with van der Waals surface area (Å²) >= 11 is 0. The Morgan fingerprint density at radius 2 is 1.88 bits per heavy atom. The van der Waals surface area contributed by atoms with Crippen LogP contribution >= 0.6 is 0 Å². The molecule has 0 radical (unpaired) electrons. The van der Waals surface area contributed by atoms with Gasteiger partial charge in [-0.1, -0.05) is 6.08 Å². The predicted molar refractivity (Wildman–Crippen MR) is 61.8 cm³/mol. The van der Waals surface area contributed by atoms with Crippen LogP contribution in [0.25, 0.3) is 0 Å². The molecule has 2 amide bonds. The van der Waals surface area contributed by atoms with Crippen LogP contribution in [0.2, 0.25) is 0 Å². The highest BCUT2D eigenvalue weighted by Crippen LogP contribution is 2.13. The number of nitrogens with one attached hydrogen (secondary N) is 1. The van der Waals surface area contributed by atoms with E-state index in [1.807, 2.05) is 0 Å². The van der Waals surface area contributed by atoms with Gasteiger partial charge in [0.2, 0.25) is 5.91 Å². The number of carbonyl (C=O) groups is 2. The van der Waals surface area contributed by atoms with Gasteiger partial charge in [-0.05, 0) is 27.7 Å². The van der Waals surface area contributed by atoms with E-state index in [2.05, 4.69) is 11.9 Å². The first-order chi connectivity index (χ1) is 7.08. The molecule has 0 aliphatic carbocycles. The Kier molecular flexibility index (Phi) is 4.53. The van der Waals surface area contributed by atoms with Crippen molar-refractivity contribution < 1.29 is 14.3 Å². The maximum absolute atomic E-state index is 11.5. The molecule has 92 valence electrons. The normalized spacial score (nSPS) is 14.8.